The maximum absolute atomic E-state index is 5.88. The number of nitrogen functional groups attached to an aromatic ring is 1. The molecule has 2 rings (SSSR count). The van der Waals surface area contributed by atoms with Gasteiger partial charge < -0.3 is 10.6 Å². The van der Waals surface area contributed by atoms with Crippen LogP contribution in [0.4, 0.5) is 5.82 Å². The molecule has 1 aromatic heterocycles. The van der Waals surface area contributed by atoms with Crippen molar-refractivity contribution in [1.29, 1.82) is 0 Å². The highest BCUT2D eigenvalue weighted by Crippen LogP contribution is 2.20. The molecule has 0 aliphatic carbocycles. The Morgan fingerprint density at radius 2 is 2.00 bits per heavy atom. The first-order chi connectivity index (χ1) is 9.58. The minimum absolute atomic E-state index is 0.560. The number of anilines is 1. The van der Waals surface area contributed by atoms with Gasteiger partial charge in [0.1, 0.15) is 5.82 Å². The number of hydrazine groups is 1. The van der Waals surface area contributed by atoms with Crippen molar-refractivity contribution in [2.75, 3.05) is 19.3 Å². The van der Waals surface area contributed by atoms with Gasteiger partial charge in [-0.25, -0.2) is 4.98 Å². The lowest BCUT2D eigenvalue weighted by atomic mass is 9.91. The first kappa shape index (κ1) is 15.2. The van der Waals surface area contributed by atoms with Gasteiger partial charge in [0.2, 0.25) is 0 Å². The summed E-state index contributed by atoms with van der Waals surface area (Å²) in [5.41, 5.74) is 13.6. The number of pyridine rings is 1. The lowest BCUT2D eigenvalue weighted by Gasteiger charge is -2.21. The Balaban J connectivity index is 1.73. The van der Waals surface area contributed by atoms with Crippen molar-refractivity contribution >= 4 is 5.82 Å². The topological polar surface area (TPSA) is 66.2 Å². The Kier molecular flexibility index (Phi) is 5.34. The van der Waals surface area contributed by atoms with Gasteiger partial charge in [0.15, 0.2) is 0 Å². The molecule has 0 radical (unpaired) electrons. The Labute approximate surface area is 121 Å². The molecule has 0 amide bonds. The van der Waals surface area contributed by atoms with Gasteiger partial charge in [-0.1, -0.05) is 6.07 Å². The Hall–Kier alpha value is -1.17. The number of hydrogen-bond donors (Lipinski definition) is 3. The average Bonchev–Trinajstić information content (AvgIpc) is 2.73. The smallest absolute Gasteiger partial charge is 0.127 e. The molecule has 0 bridgehead atoms. The zero-order valence-electron chi connectivity index (χ0n) is 12.8. The van der Waals surface area contributed by atoms with Gasteiger partial charge in [-0.2, -0.15) is 0 Å². The lowest BCUT2D eigenvalue weighted by molar-refractivity contribution is 0.296. The molecule has 1 aliphatic rings. The normalized spacial score (nSPS) is 26.3. The van der Waals surface area contributed by atoms with Crippen molar-refractivity contribution < 1.29 is 0 Å². The molecule has 0 aromatic carbocycles. The SMILES string of the molecule is CC1NNC(C)C1CCCN(C)Cc1cccnc1N. The summed E-state index contributed by atoms with van der Waals surface area (Å²) in [5.74, 6) is 1.36. The second-order valence-corrected chi connectivity index (χ2v) is 5.96. The second-order valence-electron chi connectivity index (χ2n) is 5.96. The molecule has 1 fully saturated rings. The van der Waals surface area contributed by atoms with Crippen molar-refractivity contribution in [3.05, 3.63) is 23.9 Å². The molecule has 1 aromatic rings. The van der Waals surface area contributed by atoms with Crippen LogP contribution in [0.2, 0.25) is 0 Å². The van der Waals surface area contributed by atoms with Crippen molar-refractivity contribution in [2.24, 2.45) is 5.92 Å². The zero-order chi connectivity index (χ0) is 14.5. The number of nitrogens with zero attached hydrogens (tertiary/aromatic N) is 2. The lowest BCUT2D eigenvalue weighted by Crippen LogP contribution is -2.30. The number of nitrogens with two attached hydrogens (primary N) is 1. The van der Waals surface area contributed by atoms with E-state index in [9.17, 15) is 0 Å². The standard InChI is InChI=1S/C15H27N5/c1-11-14(12(2)19-18-11)7-5-9-20(3)10-13-6-4-8-17-15(13)16/h4,6,8,11-12,14,18-19H,5,7,9-10H2,1-3H3,(H2,16,17). The van der Waals surface area contributed by atoms with Crippen LogP contribution in [0.3, 0.4) is 0 Å². The molecule has 4 N–H and O–H groups in total. The van der Waals surface area contributed by atoms with Crippen LogP contribution in [0.15, 0.2) is 18.3 Å². The first-order valence-corrected chi connectivity index (χ1v) is 7.47. The predicted molar refractivity (Wildman–Crippen MR) is 82.9 cm³/mol. The van der Waals surface area contributed by atoms with E-state index in [0.29, 0.717) is 23.8 Å². The molecule has 20 heavy (non-hydrogen) atoms. The molecule has 1 aliphatic heterocycles. The molecular weight excluding hydrogens is 250 g/mol. The highest BCUT2D eigenvalue weighted by molar-refractivity contribution is 5.38. The number of nitrogens with one attached hydrogen (secondary N) is 2. The summed E-state index contributed by atoms with van der Waals surface area (Å²) in [6.45, 7) is 6.46. The summed E-state index contributed by atoms with van der Waals surface area (Å²) >= 11 is 0. The van der Waals surface area contributed by atoms with Crippen LogP contribution in [0.25, 0.3) is 0 Å². The highest BCUT2D eigenvalue weighted by atomic mass is 15.4. The van der Waals surface area contributed by atoms with Gasteiger partial charge in [0.25, 0.3) is 0 Å². The van der Waals surface area contributed by atoms with Gasteiger partial charge in [0.05, 0.1) is 0 Å². The summed E-state index contributed by atoms with van der Waals surface area (Å²) in [6.07, 6.45) is 4.19. The summed E-state index contributed by atoms with van der Waals surface area (Å²) < 4.78 is 0. The van der Waals surface area contributed by atoms with Crippen molar-refractivity contribution in [2.45, 2.75) is 45.3 Å². The van der Waals surface area contributed by atoms with E-state index in [4.69, 9.17) is 5.73 Å². The highest BCUT2D eigenvalue weighted by Gasteiger charge is 2.28. The van der Waals surface area contributed by atoms with E-state index in [0.717, 1.165) is 18.7 Å². The first-order valence-electron chi connectivity index (χ1n) is 7.47. The van der Waals surface area contributed by atoms with Gasteiger partial charge in [-0.3, -0.25) is 10.9 Å². The monoisotopic (exact) mass is 277 g/mol. The molecule has 5 nitrogen and oxygen atoms in total. The van der Waals surface area contributed by atoms with E-state index >= 15 is 0 Å². The maximum Gasteiger partial charge on any atom is 0.127 e. The van der Waals surface area contributed by atoms with E-state index in [1.807, 2.05) is 12.1 Å². The molecule has 112 valence electrons. The van der Waals surface area contributed by atoms with Gasteiger partial charge in [-0.05, 0) is 52.3 Å². The molecular formula is C15H27N5. The summed E-state index contributed by atoms with van der Waals surface area (Å²) in [5, 5.41) is 0. The van der Waals surface area contributed by atoms with Gasteiger partial charge in [0, 0.05) is 30.4 Å². The minimum atomic E-state index is 0.560. The maximum atomic E-state index is 5.88. The van der Waals surface area contributed by atoms with Crippen LogP contribution in [0.1, 0.15) is 32.3 Å². The van der Waals surface area contributed by atoms with Crippen molar-refractivity contribution in [3.63, 3.8) is 0 Å². The molecule has 2 unspecified atom stereocenters. The largest absolute Gasteiger partial charge is 0.383 e. The molecule has 5 heteroatoms. The van der Waals surface area contributed by atoms with E-state index in [1.54, 1.807) is 6.20 Å². The summed E-state index contributed by atoms with van der Waals surface area (Å²) in [6, 6.07) is 5.11. The fourth-order valence-corrected chi connectivity index (χ4v) is 2.96. The van der Waals surface area contributed by atoms with Gasteiger partial charge in [-0.15, -0.1) is 0 Å². The summed E-state index contributed by atoms with van der Waals surface area (Å²) in [7, 11) is 2.14. The molecule has 2 heterocycles. The van der Waals surface area contributed by atoms with E-state index in [-0.39, 0.29) is 0 Å². The van der Waals surface area contributed by atoms with Crippen LogP contribution in [-0.4, -0.2) is 35.6 Å². The molecule has 0 saturated carbocycles. The molecule has 1 saturated heterocycles. The van der Waals surface area contributed by atoms with Crippen LogP contribution >= 0.6 is 0 Å². The Bertz CT molecular complexity index is 412. The predicted octanol–water partition coefficient (Wildman–Crippen LogP) is 1.38. The molecule has 2 atom stereocenters. The van der Waals surface area contributed by atoms with Crippen molar-refractivity contribution in [1.82, 2.24) is 20.7 Å². The minimum Gasteiger partial charge on any atom is -0.383 e. The van der Waals surface area contributed by atoms with Gasteiger partial charge >= 0.3 is 0 Å². The van der Waals surface area contributed by atoms with Crippen LogP contribution in [0, 0.1) is 5.92 Å². The molecule has 0 spiro atoms. The Morgan fingerprint density at radius 3 is 2.65 bits per heavy atom. The number of hydrogen-bond acceptors (Lipinski definition) is 5. The van der Waals surface area contributed by atoms with Crippen LogP contribution < -0.4 is 16.6 Å². The second kappa shape index (κ2) is 7.02. The third kappa shape index (κ3) is 3.91. The van der Waals surface area contributed by atoms with Crippen LogP contribution in [-0.2, 0) is 6.54 Å². The van der Waals surface area contributed by atoms with Crippen molar-refractivity contribution in [3.8, 4) is 0 Å². The Morgan fingerprint density at radius 1 is 1.30 bits per heavy atom. The number of aromatic nitrogens is 1. The van der Waals surface area contributed by atoms with E-state index in [1.165, 1.54) is 12.8 Å². The van der Waals surface area contributed by atoms with E-state index < -0.39 is 0 Å². The third-order valence-corrected chi connectivity index (χ3v) is 4.27. The number of rotatable bonds is 6. The van der Waals surface area contributed by atoms with E-state index in [2.05, 4.69) is 41.6 Å². The third-order valence-electron chi connectivity index (χ3n) is 4.27. The average molecular weight is 277 g/mol. The zero-order valence-corrected chi connectivity index (χ0v) is 12.8. The summed E-state index contributed by atoms with van der Waals surface area (Å²) in [4.78, 5) is 6.45. The quantitative estimate of drug-likeness (QED) is 0.733. The fraction of sp³-hybridized carbons (Fsp3) is 0.667. The van der Waals surface area contributed by atoms with Crippen LogP contribution in [0.5, 0.6) is 0 Å². The fourth-order valence-electron chi connectivity index (χ4n) is 2.96.